The predicted octanol–water partition coefficient (Wildman–Crippen LogP) is 2.49. The average Bonchev–Trinajstić information content (AvgIpc) is 2.89. The average molecular weight is 280 g/mol. The van der Waals surface area contributed by atoms with Crippen molar-refractivity contribution in [1.29, 1.82) is 0 Å². The molecule has 0 bridgehead atoms. The highest BCUT2D eigenvalue weighted by Crippen LogP contribution is 2.24. The fraction of sp³-hybridized carbons (Fsp3) is 0.231. The Morgan fingerprint density at radius 2 is 2.11 bits per heavy atom. The molecule has 0 radical (unpaired) electrons. The normalized spacial score (nSPS) is 13.2. The first-order chi connectivity index (χ1) is 9.00. The summed E-state index contributed by atoms with van der Waals surface area (Å²) in [6, 6.07) is 10.1. The van der Waals surface area contributed by atoms with Crippen molar-refractivity contribution in [2.24, 2.45) is 5.14 Å². The van der Waals surface area contributed by atoms with Gasteiger partial charge in [-0.25, -0.2) is 13.6 Å². The maximum atomic E-state index is 11.3. The molecular formula is C13H16N2O3S. The van der Waals surface area contributed by atoms with Gasteiger partial charge in [-0.3, -0.25) is 0 Å². The minimum absolute atomic E-state index is 0.00858. The van der Waals surface area contributed by atoms with Crippen LogP contribution in [0, 0.1) is 0 Å². The molecule has 0 spiro atoms. The van der Waals surface area contributed by atoms with Gasteiger partial charge in [0.1, 0.15) is 5.76 Å². The zero-order valence-electron chi connectivity index (χ0n) is 10.5. The van der Waals surface area contributed by atoms with Gasteiger partial charge in [0.05, 0.1) is 17.2 Å². The van der Waals surface area contributed by atoms with Crippen LogP contribution in [0.4, 0.5) is 5.69 Å². The molecule has 1 heterocycles. The fourth-order valence-electron chi connectivity index (χ4n) is 1.83. The monoisotopic (exact) mass is 280 g/mol. The van der Waals surface area contributed by atoms with Crippen molar-refractivity contribution < 1.29 is 12.8 Å². The van der Waals surface area contributed by atoms with E-state index in [-0.39, 0.29) is 10.9 Å². The molecule has 2 rings (SSSR count). The number of primary sulfonamides is 1. The summed E-state index contributed by atoms with van der Waals surface area (Å²) in [5, 5.41) is 8.34. The van der Waals surface area contributed by atoms with E-state index in [1.807, 2.05) is 19.1 Å². The van der Waals surface area contributed by atoms with Crippen molar-refractivity contribution in [2.75, 3.05) is 5.32 Å². The predicted molar refractivity (Wildman–Crippen MR) is 73.2 cm³/mol. The second-order valence-electron chi connectivity index (χ2n) is 4.19. The van der Waals surface area contributed by atoms with E-state index in [1.54, 1.807) is 18.4 Å². The third-order valence-electron chi connectivity index (χ3n) is 2.80. The first-order valence-corrected chi connectivity index (χ1v) is 7.48. The lowest BCUT2D eigenvalue weighted by Gasteiger charge is -2.16. The van der Waals surface area contributed by atoms with Gasteiger partial charge in [-0.1, -0.05) is 13.0 Å². The highest BCUT2D eigenvalue weighted by Gasteiger charge is 2.13. The van der Waals surface area contributed by atoms with E-state index < -0.39 is 10.0 Å². The number of furan rings is 1. The molecule has 0 aliphatic heterocycles. The molecule has 0 fully saturated rings. The molecule has 5 nitrogen and oxygen atoms in total. The Bertz CT molecular complexity index is 636. The van der Waals surface area contributed by atoms with Gasteiger partial charge in [0.15, 0.2) is 0 Å². The molecule has 0 saturated carbocycles. The summed E-state index contributed by atoms with van der Waals surface area (Å²) in [5.41, 5.74) is 0.690. The number of hydrogen-bond donors (Lipinski definition) is 2. The second-order valence-corrected chi connectivity index (χ2v) is 5.75. The molecule has 2 aromatic rings. The van der Waals surface area contributed by atoms with Crippen LogP contribution in [-0.2, 0) is 10.0 Å². The summed E-state index contributed by atoms with van der Waals surface area (Å²) in [7, 11) is -3.69. The Labute approximate surface area is 112 Å². The highest BCUT2D eigenvalue weighted by atomic mass is 32.2. The van der Waals surface area contributed by atoms with Gasteiger partial charge in [-0.2, -0.15) is 0 Å². The fourth-order valence-corrected chi connectivity index (χ4v) is 2.39. The largest absolute Gasteiger partial charge is 0.467 e. The van der Waals surface area contributed by atoms with Crippen molar-refractivity contribution in [2.45, 2.75) is 24.3 Å². The number of benzene rings is 1. The van der Waals surface area contributed by atoms with Crippen LogP contribution in [0.3, 0.4) is 0 Å². The Hall–Kier alpha value is -1.79. The first-order valence-electron chi connectivity index (χ1n) is 5.93. The molecule has 1 aromatic heterocycles. The van der Waals surface area contributed by atoms with Gasteiger partial charge < -0.3 is 9.73 Å². The van der Waals surface area contributed by atoms with Gasteiger partial charge in [-0.15, -0.1) is 0 Å². The van der Waals surface area contributed by atoms with Crippen LogP contribution in [0.1, 0.15) is 25.1 Å². The number of sulfonamides is 1. The quantitative estimate of drug-likeness (QED) is 0.881. The van der Waals surface area contributed by atoms with E-state index in [0.29, 0.717) is 5.69 Å². The molecule has 1 unspecified atom stereocenters. The standard InChI is InChI=1S/C13H16N2O3S/c1-2-12(13-7-4-8-18-13)15-10-5-3-6-11(9-10)19(14,16)17/h3-9,12,15H,2H2,1H3,(H2,14,16,17). The van der Waals surface area contributed by atoms with E-state index in [1.165, 1.54) is 12.1 Å². The molecule has 6 heteroatoms. The van der Waals surface area contributed by atoms with Crippen LogP contribution in [0.15, 0.2) is 52.0 Å². The Morgan fingerprint density at radius 3 is 2.68 bits per heavy atom. The molecular weight excluding hydrogens is 264 g/mol. The Balaban J connectivity index is 2.23. The number of rotatable bonds is 5. The number of hydrogen-bond acceptors (Lipinski definition) is 4. The number of nitrogens with two attached hydrogens (primary N) is 1. The molecule has 1 atom stereocenters. The van der Waals surface area contributed by atoms with E-state index in [2.05, 4.69) is 5.32 Å². The van der Waals surface area contributed by atoms with Crippen molar-refractivity contribution in [3.63, 3.8) is 0 Å². The Kier molecular flexibility index (Phi) is 3.92. The topological polar surface area (TPSA) is 85.3 Å². The van der Waals surface area contributed by atoms with Crippen LogP contribution in [0.2, 0.25) is 0 Å². The molecule has 3 N–H and O–H groups in total. The molecule has 1 aromatic carbocycles. The summed E-state index contributed by atoms with van der Waals surface area (Å²) in [6.07, 6.45) is 2.42. The minimum atomic E-state index is -3.69. The van der Waals surface area contributed by atoms with Crippen molar-refractivity contribution in [3.8, 4) is 0 Å². The van der Waals surface area contributed by atoms with Gasteiger partial charge in [0.2, 0.25) is 10.0 Å². The lowest BCUT2D eigenvalue weighted by atomic mass is 10.1. The van der Waals surface area contributed by atoms with Crippen molar-refractivity contribution >= 4 is 15.7 Å². The smallest absolute Gasteiger partial charge is 0.238 e. The molecule has 0 aliphatic rings. The van der Waals surface area contributed by atoms with Crippen molar-refractivity contribution in [3.05, 3.63) is 48.4 Å². The number of anilines is 1. The van der Waals surface area contributed by atoms with Gasteiger partial charge in [0.25, 0.3) is 0 Å². The van der Waals surface area contributed by atoms with Crippen molar-refractivity contribution in [1.82, 2.24) is 0 Å². The lowest BCUT2D eigenvalue weighted by Crippen LogP contribution is -2.13. The molecule has 0 amide bonds. The molecule has 102 valence electrons. The van der Waals surface area contributed by atoms with Crippen LogP contribution >= 0.6 is 0 Å². The second kappa shape index (κ2) is 5.46. The molecule has 0 saturated heterocycles. The third kappa shape index (κ3) is 3.36. The molecule has 19 heavy (non-hydrogen) atoms. The summed E-state index contributed by atoms with van der Waals surface area (Å²) in [5.74, 6) is 0.809. The van der Waals surface area contributed by atoms with E-state index in [0.717, 1.165) is 12.2 Å². The van der Waals surface area contributed by atoms with E-state index in [4.69, 9.17) is 9.56 Å². The van der Waals surface area contributed by atoms with Crippen LogP contribution in [0.5, 0.6) is 0 Å². The zero-order chi connectivity index (χ0) is 13.9. The SMILES string of the molecule is CCC(Nc1cccc(S(N)(=O)=O)c1)c1ccco1. The van der Waals surface area contributed by atoms with Gasteiger partial charge in [0, 0.05) is 5.69 Å². The maximum absolute atomic E-state index is 11.3. The van der Waals surface area contributed by atoms with Crippen LogP contribution in [0.25, 0.3) is 0 Å². The maximum Gasteiger partial charge on any atom is 0.238 e. The van der Waals surface area contributed by atoms with Crippen LogP contribution in [-0.4, -0.2) is 8.42 Å². The summed E-state index contributed by atoms with van der Waals surface area (Å²) >= 11 is 0. The summed E-state index contributed by atoms with van der Waals surface area (Å²) in [4.78, 5) is 0.0896. The Morgan fingerprint density at radius 1 is 1.32 bits per heavy atom. The number of nitrogens with one attached hydrogen (secondary N) is 1. The third-order valence-corrected chi connectivity index (χ3v) is 3.71. The molecule has 0 aliphatic carbocycles. The van der Waals surface area contributed by atoms with Crippen LogP contribution < -0.4 is 10.5 Å². The summed E-state index contributed by atoms with van der Waals surface area (Å²) in [6.45, 7) is 2.02. The zero-order valence-corrected chi connectivity index (χ0v) is 11.4. The summed E-state index contributed by atoms with van der Waals surface area (Å²) < 4.78 is 28.0. The van der Waals surface area contributed by atoms with Gasteiger partial charge >= 0.3 is 0 Å². The first kappa shape index (κ1) is 13.6. The minimum Gasteiger partial charge on any atom is -0.467 e. The highest BCUT2D eigenvalue weighted by molar-refractivity contribution is 7.89. The lowest BCUT2D eigenvalue weighted by molar-refractivity contribution is 0.474. The van der Waals surface area contributed by atoms with E-state index in [9.17, 15) is 8.42 Å². The van der Waals surface area contributed by atoms with E-state index >= 15 is 0 Å². The van der Waals surface area contributed by atoms with Gasteiger partial charge in [-0.05, 0) is 36.8 Å².